The van der Waals surface area contributed by atoms with Gasteiger partial charge in [0.25, 0.3) is 0 Å². The number of carbonyl (C=O) groups excluding carboxylic acids is 1. The maximum Gasteiger partial charge on any atom is 0.350 e. The number of nitrogens with two attached hydrogens (primary N) is 1. The third-order valence-electron chi connectivity index (χ3n) is 5.22. The number of aromatic nitrogens is 2. The summed E-state index contributed by atoms with van der Waals surface area (Å²) in [6.07, 6.45) is 5.61. The molecule has 34 heavy (non-hydrogen) atoms. The molecule has 0 aliphatic rings. The van der Waals surface area contributed by atoms with Gasteiger partial charge in [0.2, 0.25) is 0 Å². The van der Waals surface area contributed by atoms with Crippen LogP contribution in [0.5, 0.6) is 5.75 Å². The average molecular weight is 458 g/mol. The van der Waals surface area contributed by atoms with Crippen LogP contribution < -0.4 is 10.1 Å². The molecule has 0 saturated heterocycles. The predicted molar refractivity (Wildman–Crippen MR) is 122 cm³/mol. The topological polar surface area (TPSA) is 108 Å². The number of nitrogens with one attached hydrogen (secondary N) is 1. The minimum Gasteiger partial charge on any atom is -0.494 e. The normalized spacial score (nSPS) is 11.3. The number of halogens is 2. The molecule has 1 amide bonds. The number of nitrogens with zero attached hydrogens (tertiary/aromatic N) is 3. The minimum absolute atomic E-state index is 0.0483. The summed E-state index contributed by atoms with van der Waals surface area (Å²) in [5.74, 6) is -1.91. The van der Waals surface area contributed by atoms with E-state index in [2.05, 4.69) is 4.98 Å². The van der Waals surface area contributed by atoms with E-state index in [1.807, 2.05) is 6.07 Å². The third-order valence-corrected chi connectivity index (χ3v) is 5.22. The number of imidazole rings is 1. The summed E-state index contributed by atoms with van der Waals surface area (Å²) in [4.78, 5) is 16.9. The van der Waals surface area contributed by atoms with E-state index in [-0.39, 0.29) is 17.0 Å². The zero-order valence-corrected chi connectivity index (χ0v) is 17.9. The van der Waals surface area contributed by atoms with E-state index >= 15 is 0 Å². The van der Waals surface area contributed by atoms with Gasteiger partial charge in [-0.3, -0.25) is 4.40 Å². The highest BCUT2D eigenvalue weighted by Crippen LogP contribution is 2.25. The summed E-state index contributed by atoms with van der Waals surface area (Å²) in [7, 11) is 1.34. The highest BCUT2D eigenvalue weighted by molar-refractivity contribution is 6.08. The Bertz CT molecular complexity index is 1500. The molecule has 0 fully saturated rings. The van der Waals surface area contributed by atoms with Crippen LogP contribution in [-0.4, -0.2) is 28.6 Å². The summed E-state index contributed by atoms with van der Waals surface area (Å²) < 4.78 is 35.4. The monoisotopic (exact) mass is 458 g/mol. The Balaban J connectivity index is 1.65. The average Bonchev–Trinajstić information content (AvgIpc) is 3.25. The number of rotatable bonds is 6. The van der Waals surface area contributed by atoms with Crippen LogP contribution in [0.1, 0.15) is 15.9 Å². The van der Waals surface area contributed by atoms with Crippen LogP contribution in [0.15, 0.2) is 67.0 Å². The molecule has 168 valence electrons. The molecule has 3 N–H and O–H groups in total. The van der Waals surface area contributed by atoms with Crippen LogP contribution in [-0.2, 0) is 0 Å². The van der Waals surface area contributed by atoms with Crippen molar-refractivity contribution < 1.29 is 23.6 Å². The number of primary amides is 1. The van der Waals surface area contributed by atoms with Crippen LogP contribution >= 0.6 is 0 Å². The molecule has 0 atom stereocenters. The first-order chi connectivity index (χ1) is 16.4. The molecule has 9 heteroatoms. The maximum absolute atomic E-state index is 14.9. The van der Waals surface area contributed by atoms with Gasteiger partial charge in [0.1, 0.15) is 22.7 Å². The van der Waals surface area contributed by atoms with Crippen molar-refractivity contribution in [1.82, 2.24) is 9.38 Å². The molecule has 2 heterocycles. The molecule has 0 aliphatic heterocycles. The molecule has 2 aromatic carbocycles. The second-order valence-electron chi connectivity index (χ2n) is 7.26. The van der Waals surface area contributed by atoms with E-state index in [1.54, 1.807) is 35.0 Å². The van der Waals surface area contributed by atoms with Crippen molar-refractivity contribution in [3.63, 3.8) is 0 Å². The summed E-state index contributed by atoms with van der Waals surface area (Å²) in [5.41, 5.74) is 2.81. The van der Waals surface area contributed by atoms with Crippen molar-refractivity contribution in [2.75, 3.05) is 7.11 Å². The fourth-order valence-corrected chi connectivity index (χ4v) is 3.52. The van der Waals surface area contributed by atoms with Gasteiger partial charge in [0.15, 0.2) is 11.6 Å². The second kappa shape index (κ2) is 9.44. The van der Waals surface area contributed by atoms with Crippen LogP contribution in [0, 0.1) is 28.4 Å². The first kappa shape index (κ1) is 22.5. The van der Waals surface area contributed by atoms with Gasteiger partial charge in [0.05, 0.1) is 25.1 Å². The van der Waals surface area contributed by atoms with Crippen molar-refractivity contribution in [1.29, 1.82) is 10.7 Å². The van der Waals surface area contributed by atoms with Crippen LogP contribution in [0.2, 0.25) is 0 Å². The highest BCUT2D eigenvalue weighted by atomic mass is 19.1. The van der Waals surface area contributed by atoms with Gasteiger partial charge in [-0.05, 0) is 30.3 Å². The first-order valence-corrected chi connectivity index (χ1v) is 10.1. The lowest BCUT2D eigenvalue weighted by Gasteiger charge is -2.07. The first-order valence-electron chi connectivity index (χ1n) is 10.1. The van der Waals surface area contributed by atoms with Crippen LogP contribution in [0.4, 0.5) is 14.5 Å². The van der Waals surface area contributed by atoms with Crippen molar-refractivity contribution in [2.45, 2.75) is 0 Å². The lowest BCUT2D eigenvalue weighted by atomic mass is 10.1. The van der Waals surface area contributed by atoms with Crippen LogP contribution in [0.3, 0.4) is 0 Å². The number of benzene rings is 2. The number of ether oxygens (including phenoxy) is 1. The number of hydrogen-bond donors (Lipinski definition) is 2. The number of pyridine rings is 1. The predicted octanol–water partition coefficient (Wildman–Crippen LogP) is 3.88. The van der Waals surface area contributed by atoms with Crippen molar-refractivity contribution in [3.8, 4) is 23.1 Å². The number of allylic oxidation sites excluding steroid dienone is 2. The Morgan fingerprint density at radius 2 is 2.00 bits per heavy atom. The van der Waals surface area contributed by atoms with E-state index in [4.69, 9.17) is 15.4 Å². The molecule has 2 aromatic heterocycles. The molecule has 0 spiro atoms. The standard InChI is InChI=1S/C25H17F2N5O2/c1-34-23-6-4-18(11-21(23)27)31-25(33)19-5-2-15(10-20(19)26)22-13-30-24-7-3-17(14-32(22)24)16(12-29)8-9-28/h2-8,10-14,29H,1H3,(H,31,33)/p+1. The molecule has 4 aromatic rings. The molecule has 0 radical (unpaired) electrons. The third kappa shape index (κ3) is 4.30. The van der Waals surface area contributed by atoms with E-state index in [1.165, 1.54) is 37.5 Å². The van der Waals surface area contributed by atoms with Gasteiger partial charge >= 0.3 is 5.91 Å². The summed E-state index contributed by atoms with van der Waals surface area (Å²) in [5, 5.41) is 17.6. The van der Waals surface area contributed by atoms with Gasteiger partial charge in [-0.1, -0.05) is 6.07 Å². The van der Waals surface area contributed by atoms with Crippen molar-refractivity contribution >= 4 is 29.0 Å². The molecule has 4 rings (SSSR count). The minimum atomic E-state index is -0.733. The number of carbonyl (C=O) groups is 1. The zero-order chi connectivity index (χ0) is 24.2. The second-order valence-corrected chi connectivity index (χ2v) is 7.26. The summed E-state index contributed by atoms with van der Waals surface area (Å²) in [6.45, 7) is 0. The Morgan fingerprint density at radius 1 is 1.18 bits per heavy atom. The number of fused-ring (bicyclic) bond motifs is 1. The van der Waals surface area contributed by atoms with Gasteiger partial charge in [0, 0.05) is 47.3 Å². The number of hydrogen-bond acceptors (Lipinski definition) is 5. The maximum atomic E-state index is 14.9. The molecule has 0 bridgehead atoms. The smallest absolute Gasteiger partial charge is 0.350 e. The molecule has 0 unspecified atom stereocenters. The Morgan fingerprint density at radius 3 is 2.68 bits per heavy atom. The summed E-state index contributed by atoms with van der Waals surface area (Å²) >= 11 is 0. The van der Waals surface area contributed by atoms with Gasteiger partial charge in [-0.15, -0.1) is 0 Å². The van der Waals surface area contributed by atoms with Gasteiger partial charge in [-0.2, -0.15) is 5.26 Å². The highest BCUT2D eigenvalue weighted by Gasteiger charge is 2.19. The van der Waals surface area contributed by atoms with E-state index < -0.39 is 17.5 Å². The fraction of sp³-hybridized carbons (Fsp3) is 0.0400. The molecule has 0 saturated carbocycles. The largest absolute Gasteiger partial charge is 0.494 e. The molecule has 7 nitrogen and oxygen atoms in total. The molecular formula is C25H18F2N5O2+. The SMILES string of the molecule is COc1ccc([NH2+]C(=O)c2ccc(-c3cnc4ccc(C(C=N)=CC#N)cn34)cc2F)cc1F. The van der Waals surface area contributed by atoms with Crippen molar-refractivity contribution in [2.24, 2.45) is 0 Å². The number of amides is 1. The number of methoxy groups -OCH3 is 1. The Hall–Kier alpha value is -4.68. The van der Waals surface area contributed by atoms with Crippen LogP contribution in [0.25, 0.3) is 22.5 Å². The van der Waals surface area contributed by atoms with E-state index in [0.717, 1.165) is 17.6 Å². The Labute approximate surface area is 193 Å². The fourth-order valence-electron chi connectivity index (χ4n) is 3.52. The number of quaternary nitrogens is 1. The van der Waals surface area contributed by atoms with Gasteiger partial charge < -0.3 is 10.1 Å². The summed E-state index contributed by atoms with van der Waals surface area (Å²) in [6, 6.07) is 13.6. The zero-order valence-electron chi connectivity index (χ0n) is 17.9. The number of nitriles is 1. The molecule has 0 aliphatic carbocycles. The van der Waals surface area contributed by atoms with Crippen molar-refractivity contribution in [3.05, 3.63) is 89.8 Å². The molecular weight excluding hydrogens is 440 g/mol. The quantitative estimate of drug-likeness (QED) is 0.260. The lowest BCUT2D eigenvalue weighted by Crippen LogP contribution is -2.82. The van der Waals surface area contributed by atoms with Gasteiger partial charge in [-0.25, -0.2) is 23.9 Å². The van der Waals surface area contributed by atoms with E-state index in [0.29, 0.717) is 28.0 Å². The lowest BCUT2D eigenvalue weighted by molar-refractivity contribution is -0.464. The Kier molecular flexibility index (Phi) is 6.25. The van der Waals surface area contributed by atoms with E-state index in [9.17, 15) is 13.6 Å².